The Morgan fingerprint density at radius 1 is 1.06 bits per heavy atom. The number of sulfonamides is 1. The fraction of sp³-hybridized carbons (Fsp3) is 0.143. The molecule has 0 aliphatic carbocycles. The fourth-order valence-electron chi connectivity index (χ4n) is 3.28. The number of carbonyl (C=O) groups is 1. The second kappa shape index (κ2) is 8.56. The normalized spacial score (nSPS) is 11.5. The van der Waals surface area contributed by atoms with Crippen LogP contribution in [0.4, 0.5) is 11.5 Å². The maximum absolute atomic E-state index is 12.5. The van der Waals surface area contributed by atoms with Crippen molar-refractivity contribution in [3.63, 3.8) is 0 Å². The average Bonchev–Trinajstić information content (AvgIpc) is 3.12. The van der Waals surface area contributed by atoms with Gasteiger partial charge in [-0.25, -0.2) is 8.42 Å². The van der Waals surface area contributed by atoms with Gasteiger partial charge in [-0.15, -0.1) is 10.2 Å². The van der Waals surface area contributed by atoms with Gasteiger partial charge in [0.2, 0.25) is 5.91 Å². The van der Waals surface area contributed by atoms with Gasteiger partial charge in [-0.05, 0) is 67.4 Å². The van der Waals surface area contributed by atoms with E-state index in [1.165, 1.54) is 36.4 Å². The van der Waals surface area contributed by atoms with Crippen LogP contribution in [0.2, 0.25) is 5.15 Å². The first-order valence-corrected chi connectivity index (χ1v) is 11.3. The first kappa shape index (κ1) is 21.7. The van der Waals surface area contributed by atoms with Crippen molar-refractivity contribution in [2.75, 3.05) is 10.0 Å². The summed E-state index contributed by atoms with van der Waals surface area (Å²) in [5.41, 5.74) is 3.66. The lowest BCUT2D eigenvalue weighted by Crippen LogP contribution is -2.16. The van der Waals surface area contributed by atoms with Gasteiger partial charge >= 0.3 is 0 Å². The Bertz CT molecular complexity index is 1400. The molecule has 11 heteroatoms. The lowest BCUT2D eigenvalue weighted by molar-refractivity contribution is -0.115. The SMILES string of the molecule is Cc1cc(C)c2c(CC(=O)Nc3ccc(S(=O)(=O)Nc4ccc(Cl)nn4)cc3)noc2c1. The van der Waals surface area contributed by atoms with E-state index in [0.29, 0.717) is 17.0 Å². The van der Waals surface area contributed by atoms with E-state index in [1.807, 2.05) is 26.0 Å². The summed E-state index contributed by atoms with van der Waals surface area (Å²) < 4.78 is 32.6. The van der Waals surface area contributed by atoms with Gasteiger partial charge in [0, 0.05) is 11.1 Å². The van der Waals surface area contributed by atoms with E-state index >= 15 is 0 Å². The third kappa shape index (κ3) is 4.71. The number of hydrogen-bond acceptors (Lipinski definition) is 7. The second-order valence-electron chi connectivity index (χ2n) is 7.18. The van der Waals surface area contributed by atoms with Crippen LogP contribution in [0.1, 0.15) is 16.8 Å². The predicted octanol–water partition coefficient (Wildman–Crippen LogP) is 3.87. The van der Waals surface area contributed by atoms with E-state index < -0.39 is 10.0 Å². The third-order valence-corrected chi connectivity index (χ3v) is 6.21. The summed E-state index contributed by atoms with van der Waals surface area (Å²) in [6.07, 6.45) is 0.0216. The summed E-state index contributed by atoms with van der Waals surface area (Å²) in [4.78, 5) is 12.5. The van der Waals surface area contributed by atoms with Crippen molar-refractivity contribution in [1.29, 1.82) is 0 Å². The fourth-order valence-corrected chi connectivity index (χ4v) is 4.38. The molecular weight excluding hydrogens is 454 g/mol. The topological polar surface area (TPSA) is 127 Å². The van der Waals surface area contributed by atoms with E-state index in [4.69, 9.17) is 16.1 Å². The van der Waals surface area contributed by atoms with Crippen molar-refractivity contribution in [3.8, 4) is 0 Å². The second-order valence-corrected chi connectivity index (χ2v) is 9.25. The molecule has 164 valence electrons. The molecule has 0 bridgehead atoms. The van der Waals surface area contributed by atoms with Crippen LogP contribution in [-0.4, -0.2) is 29.7 Å². The van der Waals surface area contributed by atoms with E-state index in [0.717, 1.165) is 16.5 Å². The van der Waals surface area contributed by atoms with Crippen molar-refractivity contribution in [3.05, 3.63) is 70.5 Å². The van der Waals surface area contributed by atoms with Gasteiger partial charge in [0.25, 0.3) is 10.0 Å². The first-order chi connectivity index (χ1) is 15.2. The summed E-state index contributed by atoms with van der Waals surface area (Å²) in [5.74, 6) is -0.262. The summed E-state index contributed by atoms with van der Waals surface area (Å²) in [6, 6.07) is 12.4. The molecule has 2 aromatic carbocycles. The Balaban J connectivity index is 1.44. The highest BCUT2D eigenvalue weighted by molar-refractivity contribution is 7.92. The van der Waals surface area contributed by atoms with Gasteiger partial charge in [0.05, 0.1) is 11.3 Å². The van der Waals surface area contributed by atoms with E-state index in [9.17, 15) is 13.2 Å². The summed E-state index contributed by atoms with van der Waals surface area (Å²) in [6.45, 7) is 3.90. The Morgan fingerprint density at radius 3 is 2.50 bits per heavy atom. The van der Waals surface area contributed by atoms with Crippen LogP contribution in [0.25, 0.3) is 11.0 Å². The number of hydrogen-bond donors (Lipinski definition) is 2. The van der Waals surface area contributed by atoms with Gasteiger partial charge in [0.1, 0.15) is 5.69 Å². The highest BCUT2D eigenvalue weighted by Gasteiger charge is 2.17. The number of nitrogens with one attached hydrogen (secondary N) is 2. The average molecular weight is 472 g/mol. The molecule has 0 unspecified atom stereocenters. The minimum Gasteiger partial charge on any atom is -0.356 e. The zero-order valence-electron chi connectivity index (χ0n) is 17.1. The number of amides is 1. The first-order valence-electron chi connectivity index (χ1n) is 9.49. The summed E-state index contributed by atoms with van der Waals surface area (Å²) >= 11 is 5.65. The molecule has 4 aromatic rings. The Hall–Kier alpha value is -3.50. The molecule has 9 nitrogen and oxygen atoms in total. The lowest BCUT2D eigenvalue weighted by Gasteiger charge is -2.08. The Labute approximate surface area is 188 Å². The Morgan fingerprint density at radius 2 is 1.81 bits per heavy atom. The van der Waals surface area contributed by atoms with Crippen LogP contribution in [0, 0.1) is 13.8 Å². The van der Waals surface area contributed by atoms with E-state index in [2.05, 4.69) is 25.4 Å². The zero-order chi connectivity index (χ0) is 22.9. The number of carbonyl (C=O) groups excluding carboxylic acids is 1. The number of nitrogens with zero attached hydrogens (tertiary/aromatic N) is 3. The molecule has 0 radical (unpaired) electrons. The smallest absolute Gasteiger partial charge is 0.263 e. The van der Waals surface area contributed by atoms with Gasteiger partial charge in [-0.2, -0.15) is 0 Å². The van der Waals surface area contributed by atoms with E-state index in [-0.39, 0.29) is 28.2 Å². The lowest BCUT2D eigenvalue weighted by atomic mass is 10.0. The molecule has 0 spiro atoms. The van der Waals surface area contributed by atoms with Crippen LogP contribution < -0.4 is 10.0 Å². The van der Waals surface area contributed by atoms with Crippen LogP contribution in [0.15, 0.2) is 57.9 Å². The molecular formula is C21H18ClN5O4S. The van der Waals surface area contributed by atoms with Gasteiger partial charge in [-0.3, -0.25) is 9.52 Å². The molecule has 2 N–H and O–H groups in total. The zero-order valence-corrected chi connectivity index (χ0v) is 18.7. The van der Waals surface area contributed by atoms with Crippen molar-refractivity contribution in [2.45, 2.75) is 25.2 Å². The molecule has 0 aliphatic rings. The van der Waals surface area contributed by atoms with Gasteiger partial charge in [-0.1, -0.05) is 22.8 Å². The molecule has 0 fully saturated rings. The standard InChI is InChI=1S/C21H18ClN5O4S/c1-12-9-13(2)21-16(26-31-17(21)10-12)11-20(28)23-14-3-5-15(6-4-14)32(29,30)27-19-8-7-18(22)24-25-19/h3-10H,11H2,1-2H3,(H,23,28)(H,25,27). The van der Waals surface area contributed by atoms with Crippen LogP contribution in [-0.2, 0) is 21.2 Å². The number of fused-ring (bicyclic) bond motifs is 1. The monoisotopic (exact) mass is 471 g/mol. The largest absolute Gasteiger partial charge is 0.356 e. The third-order valence-electron chi connectivity index (χ3n) is 4.63. The Kier molecular flexibility index (Phi) is 5.81. The van der Waals surface area contributed by atoms with Crippen LogP contribution in [0.5, 0.6) is 0 Å². The molecule has 0 saturated heterocycles. The molecule has 32 heavy (non-hydrogen) atoms. The molecule has 2 aromatic heterocycles. The van der Waals surface area contributed by atoms with Crippen LogP contribution >= 0.6 is 11.6 Å². The molecule has 1 amide bonds. The number of anilines is 2. The molecule has 2 heterocycles. The van der Waals surface area contributed by atoms with Crippen molar-refractivity contribution < 1.29 is 17.7 Å². The van der Waals surface area contributed by atoms with Crippen molar-refractivity contribution in [2.24, 2.45) is 0 Å². The highest BCUT2D eigenvalue weighted by atomic mass is 35.5. The van der Waals surface area contributed by atoms with Crippen molar-refractivity contribution in [1.82, 2.24) is 15.4 Å². The van der Waals surface area contributed by atoms with Gasteiger partial charge in [0.15, 0.2) is 16.6 Å². The number of aryl methyl sites for hydroxylation is 2. The number of rotatable bonds is 6. The van der Waals surface area contributed by atoms with Gasteiger partial charge < -0.3 is 9.84 Å². The summed E-state index contributed by atoms with van der Waals surface area (Å²) in [7, 11) is -3.88. The van der Waals surface area contributed by atoms with Crippen LogP contribution in [0.3, 0.4) is 0 Å². The maximum Gasteiger partial charge on any atom is 0.263 e. The highest BCUT2D eigenvalue weighted by Crippen LogP contribution is 2.25. The molecule has 0 aliphatic heterocycles. The minimum absolute atomic E-state index is 0.000684. The predicted molar refractivity (Wildman–Crippen MR) is 120 cm³/mol. The molecule has 4 rings (SSSR count). The van der Waals surface area contributed by atoms with Crippen molar-refractivity contribution >= 4 is 50.0 Å². The van der Waals surface area contributed by atoms with E-state index in [1.54, 1.807) is 0 Å². The number of halogens is 1. The minimum atomic E-state index is -3.88. The molecule has 0 atom stereocenters. The maximum atomic E-state index is 12.5. The molecule has 0 saturated carbocycles. The number of aromatic nitrogens is 3. The quantitative estimate of drug-likeness (QED) is 0.437. The number of benzene rings is 2. The summed E-state index contributed by atoms with van der Waals surface area (Å²) in [5, 5.41) is 15.0.